The van der Waals surface area contributed by atoms with Crippen LogP contribution in [0.25, 0.3) is 0 Å². The summed E-state index contributed by atoms with van der Waals surface area (Å²) < 4.78 is 2.25. The third-order valence-electron chi connectivity index (χ3n) is 2.37. The van der Waals surface area contributed by atoms with Crippen LogP contribution in [-0.4, -0.2) is 9.55 Å². The van der Waals surface area contributed by atoms with E-state index in [2.05, 4.69) is 27.8 Å². The molecular formula is C12H13BrN2OS. The van der Waals surface area contributed by atoms with Gasteiger partial charge in [0.05, 0.1) is 21.7 Å². The van der Waals surface area contributed by atoms with Gasteiger partial charge in [0, 0.05) is 11.6 Å². The van der Waals surface area contributed by atoms with Gasteiger partial charge in [-0.15, -0.1) is 11.3 Å². The molecule has 0 N–H and O–H groups in total. The van der Waals surface area contributed by atoms with Crippen LogP contribution in [0, 0.1) is 0 Å². The van der Waals surface area contributed by atoms with Crippen molar-refractivity contribution in [3.05, 3.63) is 49.2 Å². The van der Waals surface area contributed by atoms with Crippen LogP contribution >= 0.6 is 27.3 Å². The van der Waals surface area contributed by atoms with Crippen molar-refractivity contribution in [3.63, 3.8) is 0 Å². The highest BCUT2D eigenvalue weighted by Gasteiger charge is 2.04. The number of thiazole rings is 1. The Kier molecular flexibility index (Phi) is 4.12. The Morgan fingerprint density at radius 2 is 2.35 bits per heavy atom. The monoisotopic (exact) mass is 312 g/mol. The highest BCUT2D eigenvalue weighted by atomic mass is 79.9. The maximum Gasteiger partial charge on any atom is 0.265 e. The Labute approximate surface area is 112 Å². The van der Waals surface area contributed by atoms with E-state index >= 15 is 0 Å². The Hall–Kier alpha value is -0.940. The van der Waals surface area contributed by atoms with E-state index in [4.69, 9.17) is 0 Å². The van der Waals surface area contributed by atoms with Crippen molar-refractivity contribution in [2.24, 2.45) is 0 Å². The lowest BCUT2D eigenvalue weighted by molar-refractivity contribution is 0.735. The molecule has 0 amide bonds. The SMILES string of the molecule is CCCc1nc(Cn2cccc(Br)c2=O)cs1. The summed E-state index contributed by atoms with van der Waals surface area (Å²) in [6, 6.07) is 3.60. The minimum absolute atomic E-state index is 0.0162. The number of rotatable bonds is 4. The van der Waals surface area contributed by atoms with Gasteiger partial charge in [0.2, 0.25) is 0 Å². The second-order valence-corrected chi connectivity index (χ2v) is 5.57. The quantitative estimate of drug-likeness (QED) is 0.869. The lowest BCUT2D eigenvalue weighted by Gasteiger charge is -2.02. The van der Waals surface area contributed by atoms with E-state index in [9.17, 15) is 4.79 Å². The van der Waals surface area contributed by atoms with Gasteiger partial charge in [0.15, 0.2) is 0 Å². The highest BCUT2D eigenvalue weighted by Crippen LogP contribution is 2.12. The maximum absolute atomic E-state index is 11.8. The molecule has 2 rings (SSSR count). The highest BCUT2D eigenvalue weighted by molar-refractivity contribution is 9.10. The summed E-state index contributed by atoms with van der Waals surface area (Å²) in [6.07, 6.45) is 3.90. The van der Waals surface area contributed by atoms with Crippen molar-refractivity contribution in [1.82, 2.24) is 9.55 Å². The fraction of sp³-hybridized carbons (Fsp3) is 0.333. The molecule has 2 aromatic rings. The van der Waals surface area contributed by atoms with E-state index in [0.29, 0.717) is 11.0 Å². The summed E-state index contributed by atoms with van der Waals surface area (Å²) in [5, 5.41) is 3.17. The second-order valence-electron chi connectivity index (χ2n) is 3.77. The molecule has 0 bridgehead atoms. The molecule has 0 aliphatic carbocycles. The topological polar surface area (TPSA) is 34.9 Å². The Balaban J connectivity index is 2.19. The van der Waals surface area contributed by atoms with Gasteiger partial charge in [-0.1, -0.05) is 6.92 Å². The summed E-state index contributed by atoms with van der Waals surface area (Å²) in [4.78, 5) is 16.3. The Morgan fingerprint density at radius 3 is 3.12 bits per heavy atom. The van der Waals surface area contributed by atoms with Gasteiger partial charge in [-0.2, -0.15) is 0 Å². The van der Waals surface area contributed by atoms with Crippen molar-refractivity contribution in [2.45, 2.75) is 26.3 Å². The lowest BCUT2D eigenvalue weighted by Crippen LogP contribution is -2.20. The maximum atomic E-state index is 11.8. The molecule has 0 fully saturated rings. The van der Waals surface area contributed by atoms with Crippen LogP contribution in [0.15, 0.2) is 33.0 Å². The van der Waals surface area contributed by atoms with E-state index < -0.39 is 0 Å². The van der Waals surface area contributed by atoms with Crippen molar-refractivity contribution >= 4 is 27.3 Å². The minimum atomic E-state index is -0.0162. The molecule has 90 valence electrons. The van der Waals surface area contributed by atoms with Gasteiger partial charge in [-0.3, -0.25) is 4.79 Å². The van der Waals surface area contributed by atoms with Gasteiger partial charge >= 0.3 is 0 Å². The molecule has 3 nitrogen and oxygen atoms in total. The molecule has 0 spiro atoms. The zero-order chi connectivity index (χ0) is 12.3. The predicted octanol–water partition coefficient (Wildman–Crippen LogP) is 3.07. The van der Waals surface area contributed by atoms with E-state index in [1.807, 2.05) is 11.4 Å². The van der Waals surface area contributed by atoms with E-state index in [0.717, 1.165) is 23.5 Å². The Morgan fingerprint density at radius 1 is 1.53 bits per heavy atom. The van der Waals surface area contributed by atoms with Crippen LogP contribution in [0.1, 0.15) is 24.0 Å². The first-order valence-corrected chi connectivity index (χ1v) is 7.16. The van der Waals surface area contributed by atoms with Crippen LogP contribution in [0.3, 0.4) is 0 Å². The summed E-state index contributed by atoms with van der Waals surface area (Å²) in [5.41, 5.74) is 0.941. The van der Waals surface area contributed by atoms with E-state index in [1.165, 1.54) is 0 Å². The molecule has 17 heavy (non-hydrogen) atoms. The third kappa shape index (κ3) is 3.04. The summed E-state index contributed by atoms with van der Waals surface area (Å²) in [5.74, 6) is 0. The van der Waals surface area contributed by atoms with Crippen molar-refractivity contribution in [1.29, 1.82) is 0 Å². The molecule has 0 radical (unpaired) electrons. The second kappa shape index (κ2) is 5.60. The van der Waals surface area contributed by atoms with Crippen molar-refractivity contribution in [3.8, 4) is 0 Å². The number of pyridine rings is 1. The fourth-order valence-corrected chi connectivity index (χ4v) is 2.83. The molecule has 0 aliphatic heterocycles. The number of aryl methyl sites for hydroxylation is 1. The van der Waals surface area contributed by atoms with Crippen molar-refractivity contribution in [2.75, 3.05) is 0 Å². The standard InChI is InChI=1S/C12H13BrN2OS/c1-2-4-11-14-9(8-17-11)7-15-6-3-5-10(13)12(15)16/h3,5-6,8H,2,4,7H2,1H3. The zero-order valence-electron chi connectivity index (χ0n) is 9.52. The van der Waals surface area contributed by atoms with Crippen LogP contribution < -0.4 is 5.56 Å². The summed E-state index contributed by atoms with van der Waals surface area (Å²) in [6.45, 7) is 2.68. The van der Waals surface area contributed by atoms with Crippen LogP contribution in [0.2, 0.25) is 0 Å². The van der Waals surface area contributed by atoms with Gasteiger partial charge in [0.25, 0.3) is 5.56 Å². The molecule has 0 saturated heterocycles. The van der Waals surface area contributed by atoms with Crippen LogP contribution in [0.5, 0.6) is 0 Å². The third-order valence-corrected chi connectivity index (χ3v) is 3.93. The molecule has 0 atom stereocenters. The normalized spacial score (nSPS) is 10.7. The molecule has 0 saturated carbocycles. The lowest BCUT2D eigenvalue weighted by atomic mass is 10.3. The van der Waals surface area contributed by atoms with E-state index in [-0.39, 0.29) is 5.56 Å². The smallest absolute Gasteiger partial charge is 0.265 e. The average molecular weight is 313 g/mol. The number of hydrogen-bond acceptors (Lipinski definition) is 3. The van der Waals surface area contributed by atoms with Crippen molar-refractivity contribution < 1.29 is 0 Å². The van der Waals surface area contributed by atoms with Gasteiger partial charge in [-0.05, 0) is 40.9 Å². The average Bonchev–Trinajstić information content (AvgIpc) is 2.73. The molecule has 0 aromatic carbocycles. The largest absolute Gasteiger partial charge is 0.309 e. The Bertz CT molecular complexity index is 562. The predicted molar refractivity (Wildman–Crippen MR) is 73.6 cm³/mol. The molecule has 5 heteroatoms. The van der Waals surface area contributed by atoms with Gasteiger partial charge in [-0.25, -0.2) is 4.98 Å². The number of nitrogens with zero attached hydrogens (tertiary/aromatic N) is 2. The summed E-state index contributed by atoms with van der Waals surface area (Å²) >= 11 is 4.90. The molecule has 2 heterocycles. The first-order chi connectivity index (χ1) is 8.20. The molecule has 0 unspecified atom stereocenters. The van der Waals surface area contributed by atoms with Crippen LogP contribution in [0.4, 0.5) is 0 Å². The number of aromatic nitrogens is 2. The molecular weight excluding hydrogens is 300 g/mol. The zero-order valence-corrected chi connectivity index (χ0v) is 11.9. The fourth-order valence-electron chi connectivity index (χ4n) is 1.56. The van der Waals surface area contributed by atoms with Gasteiger partial charge < -0.3 is 4.57 Å². The molecule has 0 aliphatic rings. The molecule has 2 aromatic heterocycles. The van der Waals surface area contributed by atoms with Crippen LogP contribution in [-0.2, 0) is 13.0 Å². The first kappa shape index (κ1) is 12.5. The number of hydrogen-bond donors (Lipinski definition) is 0. The van der Waals surface area contributed by atoms with Gasteiger partial charge in [0.1, 0.15) is 0 Å². The minimum Gasteiger partial charge on any atom is -0.309 e. The first-order valence-electron chi connectivity index (χ1n) is 5.49. The number of halogens is 1. The summed E-state index contributed by atoms with van der Waals surface area (Å²) in [7, 11) is 0. The van der Waals surface area contributed by atoms with E-state index in [1.54, 1.807) is 28.2 Å².